The highest BCUT2D eigenvalue weighted by molar-refractivity contribution is 5.74. The summed E-state index contributed by atoms with van der Waals surface area (Å²) in [7, 11) is 0. The largest absolute Gasteiger partial charge is 0.393 e. The lowest BCUT2D eigenvalue weighted by Gasteiger charge is -2.38. The number of urea groups is 1. The smallest absolute Gasteiger partial charge is 0.320 e. The van der Waals surface area contributed by atoms with Crippen molar-refractivity contribution in [2.75, 3.05) is 26.2 Å². The summed E-state index contributed by atoms with van der Waals surface area (Å²) in [5.41, 5.74) is 0. The number of aliphatic hydroxyl groups is 1. The summed E-state index contributed by atoms with van der Waals surface area (Å²) in [5, 5.41) is 9.87. The standard InChI is InChI=1S/C14H26N2O2/c1-2-12-11-16(10-7-13(12)17)14(18)15-8-5-3-4-6-9-15/h12-13,17H,2-11H2,1H3. The minimum Gasteiger partial charge on any atom is -0.393 e. The van der Waals surface area contributed by atoms with E-state index in [0.29, 0.717) is 6.54 Å². The number of carbonyl (C=O) groups excluding carboxylic acids is 1. The lowest BCUT2D eigenvalue weighted by atomic mass is 9.92. The van der Waals surface area contributed by atoms with Crippen LogP contribution in [0.5, 0.6) is 0 Å². The molecule has 0 aromatic heterocycles. The molecule has 0 bridgehead atoms. The summed E-state index contributed by atoms with van der Waals surface area (Å²) in [4.78, 5) is 16.4. The van der Waals surface area contributed by atoms with E-state index in [1.807, 2.05) is 9.80 Å². The molecule has 1 N–H and O–H groups in total. The Hall–Kier alpha value is -0.770. The molecule has 18 heavy (non-hydrogen) atoms. The molecule has 2 aliphatic heterocycles. The molecular weight excluding hydrogens is 228 g/mol. The molecule has 2 saturated heterocycles. The van der Waals surface area contributed by atoms with Crippen LogP contribution >= 0.6 is 0 Å². The van der Waals surface area contributed by atoms with Gasteiger partial charge in [0.25, 0.3) is 0 Å². The number of nitrogens with zero attached hydrogens (tertiary/aromatic N) is 2. The number of piperidine rings is 1. The van der Waals surface area contributed by atoms with E-state index in [2.05, 4.69) is 6.92 Å². The van der Waals surface area contributed by atoms with Crippen molar-refractivity contribution in [1.29, 1.82) is 0 Å². The summed E-state index contributed by atoms with van der Waals surface area (Å²) in [6, 6.07) is 0.197. The summed E-state index contributed by atoms with van der Waals surface area (Å²) >= 11 is 0. The van der Waals surface area contributed by atoms with Gasteiger partial charge in [-0.05, 0) is 25.7 Å². The highest BCUT2D eigenvalue weighted by atomic mass is 16.3. The third-order valence-corrected chi connectivity index (χ3v) is 4.37. The molecule has 2 amide bonds. The van der Waals surface area contributed by atoms with E-state index < -0.39 is 0 Å². The van der Waals surface area contributed by atoms with Crippen molar-refractivity contribution in [2.45, 2.75) is 51.6 Å². The number of likely N-dealkylation sites (tertiary alicyclic amines) is 2. The number of rotatable bonds is 1. The summed E-state index contributed by atoms with van der Waals surface area (Å²) in [6.45, 7) is 5.36. The van der Waals surface area contributed by atoms with Gasteiger partial charge >= 0.3 is 6.03 Å². The highest BCUT2D eigenvalue weighted by Crippen LogP contribution is 2.22. The van der Waals surface area contributed by atoms with Gasteiger partial charge in [0.05, 0.1) is 6.10 Å². The lowest BCUT2D eigenvalue weighted by molar-refractivity contribution is 0.0313. The number of carbonyl (C=O) groups is 1. The first-order valence-corrected chi connectivity index (χ1v) is 7.44. The van der Waals surface area contributed by atoms with Crippen molar-refractivity contribution >= 4 is 6.03 Å². The van der Waals surface area contributed by atoms with E-state index >= 15 is 0 Å². The Bertz CT molecular complexity index is 275. The Kier molecular flexibility index (Phi) is 4.87. The molecule has 2 aliphatic rings. The van der Waals surface area contributed by atoms with Crippen LogP contribution in [-0.4, -0.2) is 53.2 Å². The molecule has 2 rings (SSSR count). The molecule has 4 nitrogen and oxygen atoms in total. The van der Waals surface area contributed by atoms with E-state index in [4.69, 9.17) is 0 Å². The molecule has 0 aliphatic carbocycles. The van der Waals surface area contributed by atoms with Crippen LogP contribution in [0.2, 0.25) is 0 Å². The van der Waals surface area contributed by atoms with Crippen molar-refractivity contribution < 1.29 is 9.90 Å². The summed E-state index contributed by atoms with van der Waals surface area (Å²) < 4.78 is 0. The Balaban J connectivity index is 1.91. The number of hydrogen-bond acceptors (Lipinski definition) is 2. The number of amides is 2. The Morgan fingerprint density at radius 1 is 1.11 bits per heavy atom. The van der Waals surface area contributed by atoms with Crippen LogP contribution in [0.1, 0.15) is 45.4 Å². The zero-order chi connectivity index (χ0) is 13.0. The maximum Gasteiger partial charge on any atom is 0.320 e. The second-order valence-corrected chi connectivity index (χ2v) is 5.65. The molecule has 2 unspecified atom stereocenters. The third-order valence-electron chi connectivity index (χ3n) is 4.37. The van der Waals surface area contributed by atoms with Gasteiger partial charge in [-0.25, -0.2) is 4.79 Å². The van der Waals surface area contributed by atoms with Crippen molar-refractivity contribution in [3.05, 3.63) is 0 Å². The van der Waals surface area contributed by atoms with Gasteiger partial charge in [-0.2, -0.15) is 0 Å². The van der Waals surface area contributed by atoms with Crippen LogP contribution in [0.4, 0.5) is 4.79 Å². The predicted molar refractivity (Wildman–Crippen MR) is 71.4 cm³/mol. The fourth-order valence-electron chi connectivity index (χ4n) is 3.06. The van der Waals surface area contributed by atoms with Crippen molar-refractivity contribution in [1.82, 2.24) is 9.80 Å². The normalized spacial score (nSPS) is 30.1. The van der Waals surface area contributed by atoms with Crippen LogP contribution in [0.15, 0.2) is 0 Å². The molecule has 4 heteroatoms. The topological polar surface area (TPSA) is 43.8 Å². The van der Waals surface area contributed by atoms with Crippen molar-refractivity contribution in [3.63, 3.8) is 0 Å². The van der Waals surface area contributed by atoms with Gasteiger partial charge in [0.2, 0.25) is 0 Å². The van der Waals surface area contributed by atoms with Crippen LogP contribution < -0.4 is 0 Å². The van der Waals surface area contributed by atoms with Crippen LogP contribution in [0, 0.1) is 5.92 Å². The van der Waals surface area contributed by atoms with Crippen LogP contribution in [-0.2, 0) is 0 Å². The minimum atomic E-state index is -0.219. The first-order chi connectivity index (χ1) is 8.72. The quantitative estimate of drug-likeness (QED) is 0.778. The van der Waals surface area contributed by atoms with Gasteiger partial charge in [-0.1, -0.05) is 19.8 Å². The Labute approximate surface area is 110 Å². The number of aliphatic hydroxyl groups excluding tert-OH is 1. The molecule has 0 spiro atoms. The maximum atomic E-state index is 12.4. The van der Waals surface area contributed by atoms with Crippen molar-refractivity contribution in [2.24, 2.45) is 5.92 Å². The molecule has 0 radical (unpaired) electrons. The first kappa shape index (κ1) is 13.7. The molecule has 2 atom stereocenters. The molecule has 2 heterocycles. The predicted octanol–water partition coefficient (Wildman–Crippen LogP) is 2.08. The van der Waals surface area contributed by atoms with Crippen molar-refractivity contribution in [3.8, 4) is 0 Å². The fourth-order valence-corrected chi connectivity index (χ4v) is 3.06. The maximum absolute atomic E-state index is 12.4. The Morgan fingerprint density at radius 2 is 1.78 bits per heavy atom. The lowest BCUT2D eigenvalue weighted by Crippen LogP contribution is -2.51. The van der Waals surface area contributed by atoms with Gasteiger partial charge in [0.1, 0.15) is 0 Å². The van der Waals surface area contributed by atoms with E-state index in [1.54, 1.807) is 0 Å². The van der Waals surface area contributed by atoms with Crippen LogP contribution in [0.25, 0.3) is 0 Å². The first-order valence-electron chi connectivity index (χ1n) is 7.44. The van der Waals surface area contributed by atoms with Gasteiger partial charge in [0.15, 0.2) is 0 Å². The average Bonchev–Trinajstić information content (AvgIpc) is 2.67. The van der Waals surface area contributed by atoms with E-state index in [9.17, 15) is 9.90 Å². The Morgan fingerprint density at radius 3 is 2.39 bits per heavy atom. The van der Waals surface area contributed by atoms with E-state index in [1.165, 1.54) is 12.8 Å². The molecule has 0 aromatic carbocycles. The third kappa shape index (κ3) is 3.16. The summed E-state index contributed by atoms with van der Waals surface area (Å²) in [5.74, 6) is 0.259. The molecule has 0 saturated carbocycles. The van der Waals surface area contributed by atoms with Gasteiger partial charge in [-0.15, -0.1) is 0 Å². The molecule has 104 valence electrons. The van der Waals surface area contributed by atoms with E-state index in [0.717, 1.165) is 45.3 Å². The fraction of sp³-hybridized carbons (Fsp3) is 0.929. The SMILES string of the molecule is CCC1CN(C(=O)N2CCCCCC2)CCC1O. The minimum absolute atomic E-state index is 0.197. The highest BCUT2D eigenvalue weighted by Gasteiger charge is 2.31. The molecule has 2 fully saturated rings. The number of hydrogen-bond donors (Lipinski definition) is 1. The van der Waals surface area contributed by atoms with Gasteiger partial charge in [-0.3, -0.25) is 0 Å². The zero-order valence-electron chi connectivity index (χ0n) is 11.5. The second kappa shape index (κ2) is 6.41. The summed E-state index contributed by atoms with van der Waals surface area (Å²) in [6.07, 6.45) is 6.24. The monoisotopic (exact) mass is 254 g/mol. The average molecular weight is 254 g/mol. The molecular formula is C14H26N2O2. The van der Waals surface area contributed by atoms with Gasteiger partial charge < -0.3 is 14.9 Å². The van der Waals surface area contributed by atoms with Crippen LogP contribution in [0.3, 0.4) is 0 Å². The second-order valence-electron chi connectivity index (χ2n) is 5.65. The zero-order valence-corrected chi connectivity index (χ0v) is 11.5. The molecule has 0 aromatic rings. The van der Waals surface area contributed by atoms with Gasteiger partial charge in [0, 0.05) is 32.1 Å². The van der Waals surface area contributed by atoms with E-state index in [-0.39, 0.29) is 18.1 Å².